The lowest BCUT2D eigenvalue weighted by atomic mass is 10.1. The predicted octanol–water partition coefficient (Wildman–Crippen LogP) is 3.43. The zero-order chi connectivity index (χ0) is 17.0. The highest BCUT2D eigenvalue weighted by molar-refractivity contribution is 5.66. The van der Waals surface area contributed by atoms with Crippen LogP contribution >= 0.6 is 0 Å². The second kappa shape index (κ2) is 7.42. The molecular formula is C18H27N5. The van der Waals surface area contributed by atoms with Gasteiger partial charge in [-0.25, -0.2) is 9.97 Å². The molecule has 0 saturated heterocycles. The second-order valence-corrected chi connectivity index (χ2v) is 6.31. The third kappa shape index (κ3) is 4.93. The van der Waals surface area contributed by atoms with Crippen LogP contribution in [-0.2, 0) is 0 Å². The number of hydrogen-bond acceptors (Lipinski definition) is 5. The third-order valence-electron chi connectivity index (χ3n) is 3.63. The van der Waals surface area contributed by atoms with Crippen LogP contribution in [0.5, 0.6) is 0 Å². The van der Waals surface area contributed by atoms with Crippen molar-refractivity contribution in [3.05, 3.63) is 40.7 Å². The summed E-state index contributed by atoms with van der Waals surface area (Å²) in [5.74, 6) is 2.42. The maximum Gasteiger partial charge on any atom is 0.136 e. The van der Waals surface area contributed by atoms with Gasteiger partial charge in [-0.15, -0.1) is 0 Å². The van der Waals surface area contributed by atoms with Gasteiger partial charge >= 0.3 is 0 Å². The van der Waals surface area contributed by atoms with Crippen LogP contribution < -0.4 is 10.6 Å². The second-order valence-electron chi connectivity index (χ2n) is 6.31. The van der Waals surface area contributed by atoms with Gasteiger partial charge in [-0.05, 0) is 52.9 Å². The normalized spacial score (nSPS) is 10.9. The Kier molecular flexibility index (Phi) is 5.55. The number of nitrogens with one attached hydrogen (secondary N) is 2. The largest absolute Gasteiger partial charge is 0.369 e. The van der Waals surface area contributed by atoms with Gasteiger partial charge in [0.2, 0.25) is 0 Å². The summed E-state index contributed by atoms with van der Waals surface area (Å²) in [6, 6.07) is 6.32. The van der Waals surface area contributed by atoms with Crippen molar-refractivity contribution in [2.45, 2.75) is 27.7 Å². The molecule has 0 unspecified atom stereocenters. The molecule has 1 aromatic heterocycles. The van der Waals surface area contributed by atoms with E-state index in [1.54, 1.807) is 0 Å². The molecule has 5 nitrogen and oxygen atoms in total. The lowest BCUT2D eigenvalue weighted by Gasteiger charge is -2.15. The Morgan fingerprint density at radius 3 is 2.13 bits per heavy atom. The van der Waals surface area contributed by atoms with Crippen molar-refractivity contribution in [1.29, 1.82) is 0 Å². The maximum atomic E-state index is 4.50. The average molecular weight is 313 g/mol. The topological polar surface area (TPSA) is 53.1 Å². The average Bonchev–Trinajstić information content (AvgIpc) is 2.42. The SMILES string of the molecule is Cc1cc(C)c(Nc2cc(NCCN(C)C)nc(C)n2)c(C)c1. The first-order chi connectivity index (χ1) is 10.8. The Morgan fingerprint density at radius 1 is 0.913 bits per heavy atom. The van der Waals surface area contributed by atoms with Crippen LogP contribution in [0.2, 0.25) is 0 Å². The standard InChI is InChI=1S/C18H27N5/c1-12-9-13(2)18(14(3)10-12)22-17-11-16(20-15(4)21-17)19-7-8-23(5)6/h9-11H,7-8H2,1-6H3,(H2,19,20,21,22). The van der Waals surface area contributed by atoms with Gasteiger partial charge in [-0.1, -0.05) is 17.7 Å². The van der Waals surface area contributed by atoms with E-state index >= 15 is 0 Å². The van der Waals surface area contributed by atoms with E-state index in [4.69, 9.17) is 0 Å². The quantitative estimate of drug-likeness (QED) is 0.856. The Hall–Kier alpha value is -2.14. The first-order valence-electron chi connectivity index (χ1n) is 7.94. The number of aromatic nitrogens is 2. The van der Waals surface area contributed by atoms with Crippen molar-refractivity contribution in [3.63, 3.8) is 0 Å². The number of rotatable bonds is 6. The summed E-state index contributed by atoms with van der Waals surface area (Å²) in [5, 5.41) is 6.80. The minimum absolute atomic E-state index is 0.754. The molecule has 2 aromatic rings. The highest BCUT2D eigenvalue weighted by Gasteiger charge is 2.07. The van der Waals surface area contributed by atoms with Gasteiger partial charge in [0.15, 0.2) is 0 Å². The number of anilines is 3. The summed E-state index contributed by atoms with van der Waals surface area (Å²) >= 11 is 0. The van der Waals surface area contributed by atoms with Gasteiger partial charge < -0.3 is 15.5 Å². The Morgan fingerprint density at radius 2 is 1.52 bits per heavy atom. The van der Waals surface area contributed by atoms with E-state index in [1.165, 1.54) is 16.7 Å². The lowest BCUT2D eigenvalue weighted by molar-refractivity contribution is 0.425. The Balaban J connectivity index is 2.19. The molecule has 0 fully saturated rings. The van der Waals surface area contributed by atoms with E-state index in [1.807, 2.05) is 13.0 Å². The number of nitrogens with zero attached hydrogens (tertiary/aromatic N) is 3. The number of aryl methyl sites for hydroxylation is 4. The van der Waals surface area contributed by atoms with Crippen molar-refractivity contribution in [2.24, 2.45) is 0 Å². The van der Waals surface area contributed by atoms with Crippen molar-refractivity contribution in [3.8, 4) is 0 Å². The van der Waals surface area contributed by atoms with Crippen molar-refractivity contribution >= 4 is 17.3 Å². The van der Waals surface area contributed by atoms with Gasteiger partial charge in [0.05, 0.1) is 0 Å². The Bertz CT molecular complexity index is 656. The van der Waals surface area contributed by atoms with Crippen LogP contribution in [0.3, 0.4) is 0 Å². The highest BCUT2D eigenvalue weighted by Crippen LogP contribution is 2.25. The smallest absolute Gasteiger partial charge is 0.136 e. The zero-order valence-electron chi connectivity index (χ0n) is 15.0. The van der Waals surface area contributed by atoms with Crippen LogP contribution in [0.4, 0.5) is 17.3 Å². The van der Waals surface area contributed by atoms with E-state index in [9.17, 15) is 0 Å². The van der Waals surface area contributed by atoms with E-state index in [0.717, 1.165) is 36.2 Å². The fourth-order valence-electron chi connectivity index (χ4n) is 2.64. The summed E-state index contributed by atoms with van der Waals surface area (Å²) in [5.41, 5.74) is 4.84. The summed E-state index contributed by atoms with van der Waals surface area (Å²) in [6.07, 6.45) is 0. The van der Waals surface area contributed by atoms with Crippen LogP contribution in [0.15, 0.2) is 18.2 Å². The summed E-state index contributed by atoms with van der Waals surface area (Å²) in [4.78, 5) is 11.1. The van der Waals surface area contributed by atoms with Crippen LogP contribution in [0.1, 0.15) is 22.5 Å². The predicted molar refractivity (Wildman–Crippen MR) is 97.7 cm³/mol. The molecule has 1 aromatic carbocycles. The molecule has 0 aliphatic heterocycles. The molecule has 0 amide bonds. The lowest BCUT2D eigenvalue weighted by Crippen LogP contribution is -2.21. The van der Waals surface area contributed by atoms with Crippen molar-refractivity contribution in [1.82, 2.24) is 14.9 Å². The van der Waals surface area contributed by atoms with E-state index in [2.05, 4.69) is 72.5 Å². The van der Waals surface area contributed by atoms with Gasteiger partial charge in [-0.3, -0.25) is 0 Å². The van der Waals surface area contributed by atoms with E-state index in [0.29, 0.717) is 0 Å². The summed E-state index contributed by atoms with van der Waals surface area (Å²) in [7, 11) is 4.12. The van der Waals surface area contributed by atoms with E-state index in [-0.39, 0.29) is 0 Å². The van der Waals surface area contributed by atoms with Crippen molar-refractivity contribution in [2.75, 3.05) is 37.8 Å². The minimum Gasteiger partial charge on any atom is -0.369 e. The van der Waals surface area contributed by atoms with Crippen LogP contribution in [-0.4, -0.2) is 42.1 Å². The Labute approximate surface area is 139 Å². The summed E-state index contributed by atoms with van der Waals surface area (Å²) in [6.45, 7) is 10.1. The first kappa shape index (κ1) is 17.2. The maximum absolute atomic E-state index is 4.50. The van der Waals surface area contributed by atoms with Gasteiger partial charge in [0.1, 0.15) is 17.5 Å². The van der Waals surface area contributed by atoms with E-state index < -0.39 is 0 Å². The molecule has 2 N–H and O–H groups in total. The number of likely N-dealkylation sites (N-methyl/N-ethyl adjacent to an activating group) is 1. The number of benzene rings is 1. The monoisotopic (exact) mass is 313 g/mol. The zero-order valence-corrected chi connectivity index (χ0v) is 15.0. The molecule has 0 radical (unpaired) electrons. The molecule has 0 aliphatic rings. The van der Waals surface area contributed by atoms with Gasteiger partial charge in [0, 0.05) is 24.8 Å². The molecule has 124 valence electrons. The first-order valence-corrected chi connectivity index (χ1v) is 7.94. The fourth-order valence-corrected chi connectivity index (χ4v) is 2.64. The highest BCUT2D eigenvalue weighted by atomic mass is 15.1. The third-order valence-corrected chi connectivity index (χ3v) is 3.63. The van der Waals surface area contributed by atoms with Crippen LogP contribution in [0.25, 0.3) is 0 Å². The molecule has 0 saturated carbocycles. The molecule has 1 heterocycles. The van der Waals surface area contributed by atoms with Gasteiger partial charge in [0.25, 0.3) is 0 Å². The molecule has 0 atom stereocenters. The minimum atomic E-state index is 0.754. The fraction of sp³-hybridized carbons (Fsp3) is 0.444. The molecule has 0 aliphatic carbocycles. The van der Waals surface area contributed by atoms with Gasteiger partial charge in [-0.2, -0.15) is 0 Å². The molecule has 0 bridgehead atoms. The molecule has 23 heavy (non-hydrogen) atoms. The molecule has 2 rings (SSSR count). The summed E-state index contributed by atoms with van der Waals surface area (Å²) < 4.78 is 0. The molecule has 5 heteroatoms. The van der Waals surface area contributed by atoms with Crippen molar-refractivity contribution < 1.29 is 0 Å². The molecule has 0 spiro atoms. The molecular weight excluding hydrogens is 286 g/mol. The van der Waals surface area contributed by atoms with Crippen LogP contribution in [0, 0.1) is 27.7 Å². The number of hydrogen-bond donors (Lipinski definition) is 2.